The number of sulfonamides is 1. The Morgan fingerprint density at radius 2 is 2.22 bits per heavy atom. The van der Waals surface area contributed by atoms with Crippen molar-refractivity contribution in [3.8, 4) is 0 Å². The molecular weight excluding hydrogens is 272 g/mol. The van der Waals surface area contributed by atoms with Gasteiger partial charge in [-0.05, 0) is 43.5 Å². The minimum absolute atomic E-state index is 0.187. The lowest BCUT2D eigenvalue weighted by Gasteiger charge is -2.17. The highest BCUT2D eigenvalue weighted by Crippen LogP contribution is 2.29. The first-order valence-electron chi connectivity index (χ1n) is 5.91. The van der Waals surface area contributed by atoms with Gasteiger partial charge in [-0.2, -0.15) is 4.31 Å². The minimum Gasteiger partial charge on any atom is -0.330 e. The Kier molecular flexibility index (Phi) is 3.96. The van der Waals surface area contributed by atoms with Crippen LogP contribution >= 0.6 is 11.6 Å². The summed E-state index contributed by atoms with van der Waals surface area (Å²) < 4.78 is 26.3. The Labute approximate surface area is 113 Å². The Hall–Kier alpha value is -0.620. The molecule has 0 aromatic heterocycles. The van der Waals surface area contributed by atoms with Gasteiger partial charge in [0, 0.05) is 13.1 Å². The molecule has 18 heavy (non-hydrogen) atoms. The average molecular weight is 289 g/mol. The lowest BCUT2D eigenvalue weighted by Crippen LogP contribution is -2.30. The van der Waals surface area contributed by atoms with Crippen molar-refractivity contribution in [3.63, 3.8) is 0 Å². The molecule has 0 spiro atoms. The van der Waals surface area contributed by atoms with Gasteiger partial charge in [-0.15, -0.1) is 0 Å². The number of halogens is 1. The van der Waals surface area contributed by atoms with Crippen LogP contribution in [0.25, 0.3) is 0 Å². The van der Waals surface area contributed by atoms with E-state index in [1.807, 2.05) is 6.92 Å². The third kappa shape index (κ3) is 2.54. The Balaban J connectivity index is 2.31. The largest absolute Gasteiger partial charge is 0.330 e. The molecule has 1 aromatic rings. The van der Waals surface area contributed by atoms with Crippen LogP contribution in [0.2, 0.25) is 5.02 Å². The number of hydrogen-bond donors (Lipinski definition) is 1. The van der Waals surface area contributed by atoms with Gasteiger partial charge in [0.05, 0.1) is 5.02 Å². The molecule has 100 valence electrons. The number of hydrogen-bond acceptors (Lipinski definition) is 3. The van der Waals surface area contributed by atoms with E-state index in [9.17, 15) is 8.42 Å². The Bertz CT molecular complexity index is 545. The highest BCUT2D eigenvalue weighted by atomic mass is 35.5. The molecule has 0 aliphatic carbocycles. The van der Waals surface area contributed by atoms with Crippen molar-refractivity contribution in [1.82, 2.24) is 4.31 Å². The molecule has 0 amide bonds. The van der Waals surface area contributed by atoms with Crippen LogP contribution in [0.15, 0.2) is 23.1 Å². The molecule has 1 aliphatic rings. The van der Waals surface area contributed by atoms with Crippen molar-refractivity contribution in [3.05, 3.63) is 28.8 Å². The van der Waals surface area contributed by atoms with E-state index in [-0.39, 0.29) is 15.8 Å². The summed E-state index contributed by atoms with van der Waals surface area (Å²) in [5, 5.41) is 0.284. The molecule has 2 rings (SSSR count). The molecule has 1 saturated heterocycles. The van der Waals surface area contributed by atoms with Crippen LogP contribution in [0, 0.1) is 12.8 Å². The van der Waals surface area contributed by atoms with Crippen molar-refractivity contribution in [2.75, 3.05) is 19.6 Å². The summed E-state index contributed by atoms with van der Waals surface area (Å²) >= 11 is 6.03. The molecule has 1 aliphatic heterocycles. The zero-order chi connectivity index (χ0) is 13.3. The topological polar surface area (TPSA) is 63.4 Å². The molecule has 0 saturated carbocycles. The second-order valence-electron chi connectivity index (χ2n) is 4.69. The number of benzene rings is 1. The summed E-state index contributed by atoms with van der Waals surface area (Å²) in [6.07, 6.45) is 0.819. The van der Waals surface area contributed by atoms with E-state index in [2.05, 4.69) is 0 Å². The van der Waals surface area contributed by atoms with Gasteiger partial charge in [0.2, 0.25) is 10.0 Å². The number of nitrogens with two attached hydrogens (primary N) is 1. The zero-order valence-electron chi connectivity index (χ0n) is 10.3. The number of rotatable bonds is 3. The van der Waals surface area contributed by atoms with Crippen molar-refractivity contribution in [2.45, 2.75) is 18.2 Å². The maximum atomic E-state index is 12.4. The fourth-order valence-electron chi connectivity index (χ4n) is 2.16. The van der Waals surface area contributed by atoms with Gasteiger partial charge in [0.1, 0.15) is 4.90 Å². The summed E-state index contributed by atoms with van der Waals surface area (Å²) in [6, 6.07) is 5.00. The second-order valence-corrected chi connectivity index (χ2v) is 7.00. The lowest BCUT2D eigenvalue weighted by molar-refractivity contribution is 0.459. The molecule has 1 heterocycles. The Morgan fingerprint density at radius 1 is 1.50 bits per heavy atom. The van der Waals surface area contributed by atoms with Crippen molar-refractivity contribution < 1.29 is 8.42 Å². The number of aryl methyl sites for hydroxylation is 1. The van der Waals surface area contributed by atoms with Crippen LogP contribution in [-0.4, -0.2) is 32.4 Å². The van der Waals surface area contributed by atoms with Crippen LogP contribution in [0.4, 0.5) is 0 Å². The molecule has 1 fully saturated rings. The van der Waals surface area contributed by atoms with Gasteiger partial charge in [-0.3, -0.25) is 0 Å². The molecule has 0 bridgehead atoms. The summed E-state index contributed by atoms with van der Waals surface area (Å²) in [6.45, 7) is 3.41. The third-order valence-electron chi connectivity index (χ3n) is 3.29. The Morgan fingerprint density at radius 3 is 2.78 bits per heavy atom. The molecule has 1 atom stereocenters. The van der Waals surface area contributed by atoms with Crippen molar-refractivity contribution in [1.29, 1.82) is 0 Å². The van der Waals surface area contributed by atoms with E-state index in [0.29, 0.717) is 19.6 Å². The van der Waals surface area contributed by atoms with Gasteiger partial charge < -0.3 is 5.73 Å². The van der Waals surface area contributed by atoms with Crippen LogP contribution in [0.5, 0.6) is 0 Å². The van der Waals surface area contributed by atoms with E-state index in [0.717, 1.165) is 12.0 Å². The first kappa shape index (κ1) is 13.8. The van der Waals surface area contributed by atoms with Crippen LogP contribution < -0.4 is 5.73 Å². The highest BCUT2D eigenvalue weighted by Gasteiger charge is 2.32. The van der Waals surface area contributed by atoms with Crippen molar-refractivity contribution in [2.24, 2.45) is 11.7 Å². The predicted molar refractivity (Wildman–Crippen MR) is 72.1 cm³/mol. The maximum absolute atomic E-state index is 12.4. The summed E-state index contributed by atoms with van der Waals surface area (Å²) in [7, 11) is -3.48. The first-order valence-corrected chi connectivity index (χ1v) is 7.73. The molecular formula is C12H17ClN2O2S. The quantitative estimate of drug-likeness (QED) is 0.919. The molecule has 0 radical (unpaired) electrons. The van der Waals surface area contributed by atoms with E-state index in [1.54, 1.807) is 18.2 Å². The smallest absolute Gasteiger partial charge is 0.244 e. The molecule has 4 nitrogen and oxygen atoms in total. The van der Waals surface area contributed by atoms with E-state index in [1.165, 1.54) is 4.31 Å². The van der Waals surface area contributed by atoms with Crippen LogP contribution in [0.1, 0.15) is 12.0 Å². The number of nitrogens with zero attached hydrogens (tertiary/aromatic N) is 1. The first-order chi connectivity index (χ1) is 8.45. The van der Waals surface area contributed by atoms with Crippen LogP contribution in [-0.2, 0) is 10.0 Å². The minimum atomic E-state index is -3.48. The fourth-order valence-corrected chi connectivity index (χ4v) is 4.27. The maximum Gasteiger partial charge on any atom is 0.244 e. The molecule has 2 N–H and O–H groups in total. The fraction of sp³-hybridized carbons (Fsp3) is 0.500. The SMILES string of the molecule is Cc1ccc(S(=O)(=O)N2CC[C@H](CN)C2)c(Cl)c1. The van der Waals surface area contributed by atoms with Gasteiger partial charge in [0.25, 0.3) is 0 Å². The van der Waals surface area contributed by atoms with E-state index < -0.39 is 10.0 Å². The summed E-state index contributed by atoms with van der Waals surface area (Å²) in [5.74, 6) is 0.254. The van der Waals surface area contributed by atoms with Gasteiger partial charge in [0.15, 0.2) is 0 Å². The molecule has 6 heteroatoms. The zero-order valence-corrected chi connectivity index (χ0v) is 11.8. The summed E-state index contributed by atoms with van der Waals surface area (Å²) in [4.78, 5) is 0.187. The van der Waals surface area contributed by atoms with E-state index >= 15 is 0 Å². The lowest BCUT2D eigenvalue weighted by atomic mass is 10.1. The third-order valence-corrected chi connectivity index (χ3v) is 5.64. The summed E-state index contributed by atoms with van der Waals surface area (Å²) in [5.41, 5.74) is 6.52. The van der Waals surface area contributed by atoms with Gasteiger partial charge in [-0.1, -0.05) is 17.7 Å². The van der Waals surface area contributed by atoms with Crippen molar-refractivity contribution >= 4 is 21.6 Å². The normalized spacial score (nSPS) is 21.4. The van der Waals surface area contributed by atoms with Gasteiger partial charge in [-0.25, -0.2) is 8.42 Å². The second kappa shape index (κ2) is 5.17. The standard InChI is InChI=1S/C12H17ClN2O2S/c1-9-2-3-12(11(13)6-9)18(16,17)15-5-4-10(7-14)8-15/h2-3,6,10H,4-5,7-8,14H2,1H3/t10-/m1/s1. The molecule has 1 aromatic carbocycles. The molecule has 0 unspecified atom stereocenters. The monoisotopic (exact) mass is 288 g/mol. The van der Waals surface area contributed by atoms with Gasteiger partial charge >= 0.3 is 0 Å². The van der Waals surface area contributed by atoms with Crippen LogP contribution in [0.3, 0.4) is 0 Å². The highest BCUT2D eigenvalue weighted by molar-refractivity contribution is 7.89. The predicted octanol–water partition coefficient (Wildman–Crippen LogP) is 1.62. The average Bonchev–Trinajstić information content (AvgIpc) is 2.77. The van der Waals surface area contributed by atoms with E-state index in [4.69, 9.17) is 17.3 Å².